The second kappa shape index (κ2) is 5.08. The first kappa shape index (κ1) is 9.44. The van der Waals surface area contributed by atoms with E-state index in [0.717, 1.165) is 16.5 Å². The summed E-state index contributed by atoms with van der Waals surface area (Å²) in [5.41, 5.74) is 0. The van der Waals surface area contributed by atoms with Gasteiger partial charge in [-0.2, -0.15) is 0 Å². The van der Waals surface area contributed by atoms with Crippen molar-refractivity contribution < 1.29 is 4.12 Å². The Bertz CT molecular complexity index is 236. The molecular formula is C9H14OSi2. The first-order valence-corrected chi connectivity index (χ1v) is 6.75. The molecule has 1 nitrogen and oxygen atoms in total. The maximum Gasteiger partial charge on any atom is 0.198 e. The van der Waals surface area contributed by atoms with Gasteiger partial charge < -0.3 is 4.12 Å². The van der Waals surface area contributed by atoms with Crippen molar-refractivity contribution in [3.63, 3.8) is 0 Å². The third kappa shape index (κ3) is 2.44. The van der Waals surface area contributed by atoms with E-state index in [1.165, 1.54) is 5.19 Å². The Kier molecular flexibility index (Phi) is 4.00. The summed E-state index contributed by atoms with van der Waals surface area (Å²) in [6.45, 7) is 3.74. The van der Waals surface area contributed by atoms with Crippen LogP contribution in [0, 0.1) is 0 Å². The molecule has 0 spiro atoms. The molecule has 1 rings (SSSR count). The average Bonchev–Trinajstić information content (AvgIpc) is 2.15. The molecule has 0 aliphatic heterocycles. The third-order valence-corrected chi connectivity index (χ3v) is 6.00. The molecule has 0 aromatic heterocycles. The molecule has 0 saturated carbocycles. The Hall–Kier alpha value is -0.646. The van der Waals surface area contributed by atoms with Crippen LogP contribution in [0.15, 0.2) is 43.0 Å². The molecule has 0 radical (unpaired) electrons. The van der Waals surface area contributed by atoms with E-state index in [1.807, 2.05) is 12.1 Å². The van der Waals surface area contributed by atoms with Crippen LogP contribution in [0.5, 0.6) is 0 Å². The van der Waals surface area contributed by atoms with Gasteiger partial charge in [0.25, 0.3) is 0 Å². The molecule has 0 fully saturated rings. The summed E-state index contributed by atoms with van der Waals surface area (Å²) in [5, 5.41) is 1.38. The summed E-state index contributed by atoms with van der Waals surface area (Å²) in [7, 11) is -0.292. The van der Waals surface area contributed by atoms with E-state index in [4.69, 9.17) is 4.12 Å². The van der Waals surface area contributed by atoms with E-state index in [1.54, 1.807) is 0 Å². The van der Waals surface area contributed by atoms with Crippen LogP contribution < -0.4 is 5.19 Å². The molecule has 0 aliphatic carbocycles. The fourth-order valence-electron chi connectivity index (χ4n) is 1.19. The first-order valence-electron chi connectivity index (χ1n) is 4.07. The molecular weight excluding hydrogens is 180 g/mol. The minimum absolute atomic E-state index is 0.835. The van der Waals surface area contributed by atoms with Gasteiger partial charge in [0.05, 0.1) is 0 Å². The number of rotatable bonds is 4. The van der Waals surface area contributed by atoms with Gasteiger partial charge in [0.2, 0.25) is 0 Å². The van der Waals surface area contributed by atoms with E-state index in [9.17, 15) is 0 Å². The topological polar surface area (TPSA) is 9.23 Å². The van der Waals surface area contributed by atoms with Crippen LogP contribution in [0.1, 0.15) is 0 Å². The highest BCUT2D eigenvalue weighted by Gasteiger charge is 2.08. The Balaban J connectivity index is 2.72. The number of allylic oxidation sites excluding steroid dienone is 1. The lowest BCUT2D eigenvalue weighted by atomic mass is 10.4. The molecule has 0 aliphatic rings. The van der Waals surface area contributed by atoms with E-state index in [0.29, 0.717) is 0 Å². The monoisotopic (exact) mass is 194 g/mol. The number of hydrogen-bond donors (Lipinski definition) is 0. The number of hydrogen-bond acceptors (Lipinski definition) is 1. The molecule has 0 saturated heterocycles. The highest BCUT2D eigenvalue weighted by Crippen LogP contribution is 1.95. The van der Waals surface area contributed by atoms with Gasteiger partial charge in [-0.3, -0.25) is 0 Å². The second-order valence-corrected chi connectivity index (χ2v) is 6.66. The zero-order valence-electron chi connectivity index (χ0n) is 7.36. The standard InChI is InChI=1S/C9H14OSi2/c1-2-8-12(10-11)9-6-4-3-5-7-9/h2-7,12H,1,8H2,11H3. The molecule has 0 amide bonds. The lowest BCUT2D eigenvalue weighted by molar-refractivity contribution is 0.649. The Morgan fingerprint density at radius 3 is 2.58 bits per heavy atom. The minimum atomic E-state index is -1.13. The fourth-order valence-corrected chi connectivity index (χ4v) is 4.27. The summed E-state index contributed by atoms with van der Waals surface area (Å²) >= 11 is 0. The van der Waals surface area contributed by atoms with Crippen molar-refractivity contribution in [1.82, 2.24) is 0 Å². The van der Waals surface area contributed by atoms with Gasteiger partial charge in [-0.05, 0) is 11.2 Å². The highest BCUT2D eigenvalue weighted by molar-refractivity contribution is 6.70. The van der Waals surface area contributed by atoms with E-state index >= 15 is 0 Å². The predicted molar refractivity (Wildman–Crippen MR) is 59.3 cm³/mol. The molecule has 1 aromatic rings. The Labute approximate surface area is 78.3 Å². The molecule has 0 heterocycles. The van der Waals surface area contributed by atoms with Crippen LogP contribution >= 0.6 is 0 Å². The highest BCUT2D eigenvalue weighted by atomic mass is 28.3. The van der Waals surface area contributed by atoms with Crippen LogP contribution in [0.3, 0.4) is 0 Å². The molecule has 0 bridgehead atoms. The van der Waals surface area contributed by atoms with Crippen molar-refractivity contribution in [2.75, 3.05) is 0 Å². The van der Waals surface area contributed by atoms with Crippen LogP contribution in [0.4, 0.5) is 0 Å². The van der Waals surface area contributed by atoms with Crippen molar-refractivity contribution in [1.29, 1.82) is 0 Å². The van der Waals surface area contributed by atoms with E-state index < -0.39 is 9.04 Å². The Morgan fingerprint density at radius 2 is 2.08 bits per heavy atom. The van der Waals surface area contributed by atoms with Gasteiger partial charge in [0.1, 0.15) is 10.5 Å². The Morgan fingerprint density at radius 1 is 1.42 bits per heavy atom. The molecule has 12 heavy (non-hydrogen) atoms. The van der Waals surface area contributed by atoms with Gasteiger partial charge in [-0.15, -0.1) is 6.58 Å². The number of benzene rings is 1. The van der Waals surface area contributed by atoms with Crippen molar-refractivity contribution in [3.05, 3.63) is 43.0 Å². The lowest BCUT2D eigenvalue weighted by Gasteiger charge is -2.11. The molecule has 0 N–H and O–H groups in total. The molecule has 1 aromatic carbocycles. The van der Waals surface area contributed by atoms with E-state index in [2.05, 4.69) is 30.8 Å². The summed E-state index contributed by atoms with van der Waals surface area (Å²) < 4.78 is 5.58. The summed E-state index contributed by atoms with van der Waals surface area (Å²) in [6, 6.07) is 11.5. The van der Waals surface area contributed by atoms with Crippen LogP contribution in [0.2, 0.25) is 6.04 Å². The summed E-state index contributed by atoms with van der Waals surface area (Å²) in [6.07, 6.45) is 1.96. The average molecular weight is 194 g/mol. The maximum absolute atomic E-state index is 5.58. The van der Waals surface area contributed by atoms with Gasteiger partial charge in [0, 0.05) is 0 Å². The minimum Gasteiger partial charge on any atom is -0.462 e. The van der Waals surface area contributed by atoms with Crippen molar-refractivity contribution in [3.8, 4) is 0 Å². The zero-order chi connectivity index (χ0) is 8.81. The molecule has 64 valence electrons. The SMILES string of the molecule is C=CC[SiH](O[SiH3])c1ccccc1. The van der Waals surface area contributed by atoms with Crippen LogP contribution in [-0.2, 0) is 4.12 Å². The van der Waals surface area contributed by atoms with Crippen LogP contribution in [0.25, 0.3) is 0 Å². The zero-order valence-corrected chi connectivity index (χ0v) is 10.5. The third-order valence-electron chi connectivity index (χ3n) is 1.84. The predicted octanol–water partition coefficient (Wildman–Crippen LogP) is 0.100. The normalized spacial score (nSPS) is 12.7. The lowest BCUT2D eigenvalue weighted by Crippen LogP contribution is -2.31. The van der Waals surface area contributed by atoms with Crippen molar-refractivity contribution in [2.24, 2.45) is 0 Å². The molecule has 1 atom stereocenters. The van der Waals surface area contributed by atoms with Gasteiger partial charge >= 0.3 is 0 Å². The smallest absolute Gasteiger partial charge is 0.198 e. The van der Waals surface area contributed by atoms with Gasteiger partial charge in [0.15, 0.2) is 9.04 Å². The summed E-state index contributed by atoms with van der Waals surface area (Å²) in [4.78, 5) is 0. The maximum atomic E-state index is 5.58. The quantitative estimate of drug-likeness (QED) is 0.488. The van der Waals surface area contributed by atoms with Gasteiger partial charge in [-0.1, -0.05) is 36.4 Å². The van der Waals surface area contributed by atoms with E-state index in [-0.39, 0.29) is 0 Å². The molecule has 3 heteroatoms. The second-order valence-electron chi connectivity index (χ2n) is 2.66. The largest absolute Gasteiger partial charge is 0.462 e. The fraction of sp³-hybridized carbons (Fsp3) is 0.111. The molecule has 1 unspecified atom stereocenters. The summed E-state index contributed by atoms with van der Waals surface area (Å²) in [5.74, 6) is 0. The first-order chi connectivity index (χ1) is 5.88. The van der Waals surface area contributed by atoms with Crippen LogP contribution in [-0.4, -0.2) is 19.5 Å². The van der Waals surface area contributed by atoms with Crippen molar-refractivity contribution >= 4 is 24.7 Å². The van der Waals surface area contributed by atoms with Crippen molar-refractivity contribution in [2.45, 2.75) is 6.04 Å². The van der Waals surface area contributed by atoms with Gasteiger partial charge in [-0.25, -0.2) is 0 Å².